The number of amides is 1. The number of H-pyrrole nitrogens is 1. The molecule has 1 aromatic carbocycles. The minimum absolute atomic E-state index is 0.000106. The zero-order chi connectivity index (χ0) is 29.8. The number of ether oxygens (including phenoxy) is 1. The van der Waals surface area contributed by atoms with Crippen molar-refractivity contribution in [2.45, 2.75) is 84.0 Å². The van der Waals surface area contributed by atoms with Crippen LogP contribution in [0.15, 0.2) is 24.9 Å². The van der Waals surface area contributed by atoms with Crippen molar-refractivity contribution in [1.29, 1.82) is 0 Å². The maximum Gasteiger partial charge on any atom is 0.245 e. The fourth-order valence-electron chi connectivity index (χ4n) is 7.52. The molecule has 6 rings (SSSR count). The van der Waals surface area contributed by atoms with Gasteiger partial charge < -0.3 is 14.5 Å². The van der Waals surface area contributed by atoms with Crippen molar-refractivity contribution in [3.8, 4) is 11.1 Å². The van der Waals surface area contributed by atoms with E-state index < -0.39 is 0 Å². The zero-order valence-electron chi connectivity index (χ0n) is 25.6. The number of nitrogens with zero attached hydrogens (tertiary/aromatic N) is 6. The van der Waals surface area contributed by atoms with Gasteiger partial charge in [0.15, 0.2) is 5.82 Å². The molecule has 5 heterocycles. The van der Waals surface area contributed by atoms with Crippen LogP contribution < -0.4 is 4.90 Å². The second-order valence-electron chi connectivity index (χ2n) is 12.8. The maximum atomic E-state index is 12.3. The molecule has 3 aliphatic heterocycles. The number of rotatable bonds is 7. The van der Waals surface area contributed by atoms with Crippen molar-refractivity contribution < 1.29 is 9.53 Å². The lowest BCUT2D eigenvalue weighted by molar-refractivity contribution is -0.127. The molecule has 10 heteroatoms. The largest absolute Gasteiger partial charge is 0.378 e. The Bertz CT molecular complexity index is 1480. The number of carbonyl (C=O) groups is 1. The van der Waals surface area contributed by atoms with Gasteiger partial charge in [0.2, 0.25) is 5.91 Å². The van der Waals surface area contributed by atoms with Crippen LogP contribution in [0.2, 0.25) is 5.02 Å². The fraction of sp³-hybridized carbons (Fsp3) is 0.594. The van der Waals surface area contributed by atoms with E-state index in [4.69, 9.17) is 21.4 Å². The minimum Gasteiger partial charge on any atom is -0.378 e. The van der Waals surface area contributed by atoms with E-state index in [9.17, 15) is 4.79 Å². The van der Waals surface area contributed by atoms with E-state index in [1.165, 1.54) is 6.08 Å². The highest BCUT2D eigenvalue weighted by Gasteiger charge is 2.42. The second-order valence-corrected chi connectivity index (χ2v) is 13.2. The van der Waals surface area contributed by atoms with Crippen molar-refractivity contribution in [1.82, 2.24) is 29.8 Å². The van der Waals surface area contributed by atoms with Crippen LogP contribution >= 0.6 is 11.6 Å². The lowest BCUT2D eigenvalue weighted by Crippen LogP contribution is -2.60. The molecule has 0 spiro atoms. The monoisotopic (exact) mass is 593 g/mol. The fourth-order valence-corrected chi connectivity index (χ4v) is 7.77. The molecule has 2 aromatic heterocycles. The van der Waals surface area contributed by atoms with Gasteiger partial charge in [0, 0.05) is 53.4 Å². The van der Waals surface area contributed by atoms with Gasteiger partial charge in [-0.25, -0.2) is 0 Å². The molecule has 1 unspecified atom stereocenters. The average Bonchev–Trinajstić information content (AvgIpc) is 3.54. The third kappa shape index (κ3) is 4.93. The molecule has 226 valence electrons. The number of fused-ring (bicyclic) bond motifs is 1. The van der Waals surface area contributed by atoms with Crippen LogP contribution in [-0.2, 0) is 9.53 Å². The number of anilines is 1. The Morgan fingerprint density at radius 2 is 1.93 bits per heavy atom. The maximum absolute atomic E-state index is 12.3. The molecule has 0 saturated carbocycles. The van der Waals surface area contributed by atoms with Crippen molar-refractivity contribution >= 4 is 34.2 Å². The number of aryl methyl sites for hydroxylation is 1. The first-order valence-electron chi connectivity index (χ1n) is 15.4. The summed E-state index contributed by atoms with van der Waals surface area (Å²) >= 11 is 7.15. The molecule has 1 amide bonds. The Balaban J connectivity index is 1.42. The summed E-state index contributed by atoms with van der Waals surface area (Å²) in [6.45, 7) is 19.9. The molecule has 3 fully saturated rings. The molecular weight excluding hydrogens is 550 g/mol. The first-order chi connectivity index (χ1) is 20.1. The number of nitrogens with one attached hydrogen (secondary N) is 1. The number of carbonyl (C=O) groups excluding carboxylic acids is 1. The summed E-state index contributed by atoms with van der Waals surface area (Å²) in [5.74, 6) is 0.991. The van der Waals surface area contributed by atoms with Crippen LogP contribution in [0.25, 0.3) is 22.0 Å². The van der Waals surface area contributed by atoms with E-state index in [0.717, 1.165) is 96.1 Å². The highest BCUT2D eigenvalue weighted by Crippen LogP contribution is 2.47. The first-order valence-corrected chi connectivity index (χ1v) is 15.8. The van der Waals surface area contributed by atoms with Gasteiger partial charge in [-0.3, -0.25) is 19.5 Å². The quantitative estimate of drug-likeness (QED) is 0.364. The Labute approximate surface area is 253 Å². The first kappa shape index (κ1) is 29.2. The molecule has 3 saturated heterocycles. The Morgan fingerprint density at radius 3 is 2.55 bits per heavy atom. The van der Waals surface area contributed by atoms with Gasteiger partial charge >= 0.3 is 0 Å². The summed E-state index contributed by atoms with van der Waals surface area (Å²) in [4.78, 5) is 19.3. The summed E-state index contributed by atoms with van der Waals surface area (Å²) in [7, 11) is 0. The lowest BCUT2D eigenvalue weighted by atomic mass is 9.84. The van der Waals surface area contributed by atoms with Crippen LogP contribution in [0.3, 0.4) is 0 Å². The lowest BCUT2D eigenvalue weighted by Gasteiger charge is -2.51. The van der Waals surface area contributed by atoms with Crippen molar-refractivity contribution in [3.63, 3.8) is 0 Å². The molecule has 42 heavy (non-hydrogen) atoms. The van der Waals surface area contributed by atoms with Crippen LogP contribution in [-0.4, -0.2) is 92.7 Å². The van der Waals surface area contributed by atoms with Crippen LogP contribution in [0, 0.1) is 13.8 Å². The third-order valence-corrected chi connectivity index (χ3v) is 10.4. The third-order valence-electron chi connectivity index (χ3n) is 9.87. The summed E-state index contributed by atoms with van der Waals surface area (Å²) in [6, 6.07) is 3.30. The molecule has 1 N–H and O–H groups in total. The molecule has 0 radical (unpaired) electrons. The van der Waals surface area contributed by atoms with Crippen molar-refractivity contribution in [3.05, 3.63) is 41.2 Å². The molecule has 0 bridgehead atoms. The standard InChI is InChI=1S/C32H44ClN7O2/c1-7-27(41)37-12-9-22(10-13-37)40-21(4)28(29-25-17-34-35-26(25)15-20(3)30(29)33)31(36-40)39-14-11-23(16-32(39,5)6)38(8-2)24-18-42-19-24/h7,15,17,22-24H,1,8-14,16,18-19H2,2-6H3,(H,34,35). The van der Waals surface area contributed by atoms with E-state index >= 15 is 0 Å². The number of aromatic amines is 1. The number of piperidine rings is 2. The van der Waals surface area contributed by atoms with E-state index in [1.807, 2.05) is 11.1 Å². The SMILES string of the molecule is C=CC(=O)N1CCC(n2nc(N3CCC(N(CC)C4COC4)CC3(C)C)c(-c3c(Cl)c(C)cc4[nH]ncc34)c2C)CC1. The van der Waals surface area contributed by atoms with Crippen LogP contribution in [0.5, 0.6) is 0 Å². The Hall–Kier alpha value is -2.88. The van der Waals surface area contributed by atoms with E-state index in [1.54, 1.807) is 0 Å². The zero-order valence-corrected chi connectivity index (χ0v) is 26.4. The molecule has 3 aliphatic rings. The highest BCUT2D eigenvalue weighted by molar-refractivity contribution is 6.36. The number of hydrogen-bond donors (Lipinski definition) is 1. The molecule has 0 aliphatic carbocycles. The second kappa shape index (κ2) is 11.3. The van der Waals surface area contributed by atoms with Crippen LogP contribution in [0.1, 0.15) is 63.8 Å². The van der Waals surface area contributed by atoms with Gasteiger partial charge in [0.25, 0.3) is 0 Å². The van der Waals surface area contributed by atoms with Gasteiger partial charge in [-0.15, -0.1) is 0 Å². The minimum atomic E-state index is -0.118. The van der Waals surface area contributed by atoms with Crippen LogP contribution in [0.4, 0.5) is 5.82 Å². The Morgan fingerprint density at radius 1 is 1.19 bits per heavy atom. The Kier molecular flexibility index (Phi) is 7.87. The van der Waals surface area contributed by atoms with Crippen molar-refractivity contribution in [2.24, 2.45) is 0 Å². The van der Waals surface area contributed by atoms with Gasteiger partial charge in [-0.05, 0) is 77.6 Å². The van der Waals surface area contributed by atoms with E-state index in [-0.39, 0.29) is 17.5 Å². The molecule has 1 atom stereocenters. The molecule has 3 aromatic rings. The van der Waals surface area contributed by atoms with Gasteiger partial charge in [0.05, 0.1) is 42.0 Å². The number of hydrogen-bond acceptors (Lipinski definition) is 6. The van der Waals surface area contributed by atoms with E-state index in [0.29, 0.717) is 25.2 Å². The van der Waals surface area contributed by atoms with Gasteiger partial charge in [0.1, 0.15) is 0 Å². The average molecular weight is 594 g/mol. The molecule has 9 nitrogen and oxygen atoms in total. The van der Waals surface area contributed by atoms with Gasteiger partial charge in [-0.2, -0.15) is 10.2 Å². The predicted molar refractivity (Wildman–Crippen MR) is 168 cm³/mol. The number of aromatic nitrogens is 4. The smallest absolute Gasteiger partial charge is 0.245 e. The normalized spacial score (nSPS) is 21.7. The summed E-state index contributed by atoms with van der Waals surface area (Å²) in [6.07, 6.45) is 7.12. The predicted octanol–water partition coefficient (Wildman–Crippen LogP) is 5.51. The van der Waals surface area contributed by atoms with Gasteiger partial charge in [-0.1, -0.05) is 25.1 Å². The summed E-state index contributed by atoms with van der Waals surface area (Å²) < 4.78 is 7.77. The number of benzene rings is 1. The van der Waals surface area contributed by atoms with E-state index in [2.05, 4.69) is 71.9 Å². The summed E-state index contributed by atoms with van der Waals surface area (Å²) in [5.41, 5.74) is 5.06. The highest BCUT2D eigenvalue weighted by atomic mass is 35.5. The number of likely N-dealkylation sites (tertiary alicyclic amines) is 1. The number of halogens is 1. The van der Waals surface area contributed by atoms with Crippen molar-refractivity contribution in [2.75, 3.05) is 44.3 Å². The number of likely N-dealkylation sites (N-methyl/N-ethyl adjacent to an activating group) is 1. The summed E-state index contributed by atoms with van der Waals surface area (Å²) in [5, 5.41) is 14.7. The molecular formula is C32H44ClN7O2. The topological polar surface area (TPSA) is 82.5 Å².